The van der Waals surface area contributed by atoms with Crippen molar-refractivity contribution in [1.82, 2.24) is 19.8 Å². The number of carbonyl (C=O) groups is 1. The molecule has 0 aromatic carbocycles. The smallest absolute Gasteiger partial charge is 0.237 e. The van der Waals surface area contributed by atoms with E-state index in [1.165, 1.54) is 30.6 Å². The number of aromatic nitrogens is 2. The summed E-state index contributed by atoms with van der Waals surface area (Å²) in [5, 5.41) is 17.0. The van der Waals surface area contributed by atoms with Gasteiger partial charge in [-0.05, 0) is 71.7 Å². The normalized spacial score (nSPS) is 23.9. The molecule has 2 bridgehead atoms. The maximum Gasteiger partial charge on any atom is 0.237 e. The SMILES string of the molecule is C=Nc1cc(Nc2ncc(CO)s2)nc(NC2C[C@H]3CCC[C@@H](C2)N3C(=O)CN2CCCC2)c1/C=C\C. The number of rotatable bonds is 9. The van der Waals surface area contributed by atoms with Crippen molar-refractivity contribution >= 4 is 52.5 Å². The Hall–Kier alpha value is -2.82. The largest absolute Gasteiger partial charge is 0.391 e. The number of allylic oxidation sites excluding steroid dienone is 1. The minimum atomic E-state index is -0.0408. The molecule has 1 unspecified atom stereocenters. The van der Waals surface area contributed by atoms with Crippen LogP contribution in [0.4, 0.5) is 22.5 Å². The summed E-state index contributed by atoms with van der Waals surface area (Å²) in [6.45, 7) is 8.38. The topological polar surface area (TPSA) is 106 Å². The molecule has 3 N–H and O–H groups in total. The van der Waals surface area contributed by atoms with Gasteiger partial charge in [0.05, 0.1) is 23.7 Å². The number of amides is 1. The Morgan fingerprint density at radius 3 is 2.68 bits per heavy atom. The molecule has 1 amide bonds. The summed E-state index contributed by atoms with van der Waals surface area (Å²) in [5.74, 6) is 1.68. The zero-order valence-corrected chi connectivity index (χ0v) is 22.3. The first-order valence-corrected chi connectivity index (χ1v) is 14.2. The monoisotopic (exact) mass is 523 g/mol. The molecule has 5 heterocycles. The van der Waals surface area contributed by atoms with Crippen LogP contribution >= 0.6 is 11.3 Å². The van der Waals surface area contributed by atoms with Crippen LogP contribution in [-0.2, 0) is 11.4 Å². The Labute approximate surface area is 222 Å². The third-order valence-corrected chi connectivity index (χ3v) is 8.54. The number of hydrogen-bond donors (Lipinski definition) is 3. The van der Waals surface area contributed by atoms with Crippen LogP contribution in [-0.4, -0.2) is 75.3 Å². The second-order valence-electron chi connectivity index (χ2n) is 10.2. The molecule has 9 nitrogen and oxygen atoms in total. The molecule has 2 aromatic heterocycles. The number of hydrogen-bond acceptors (Lipinski definition) is 9. The maximum atomic E-state index is 13.3. The van der Waals surface area contributed by atoms with Crippen molar-refractivity contribution in [2.45, 2.75) is 76.6 Å². The van der Waals surface area contributed by atoms with E-state index in [0.717, 1.165) is 60.7 Å². The molecule has 3 aliphatic heterocycles. The van der Waals surface area contributed by atoms with Gasteiger partial charge in [-0.1, -0.05) is 23.5 Å². The molecule has 37 heavy (non-hydrogen) atoms. The Morgan fingerprint density at radius 1 is 1.27 bits per heavy atom. The number of anilines is 3. The van der Waals surface area contributed by atoms with Crippen molar-refractivity contribution in [3.05, 3.63) is 28.8 Å². The number of carbonyl (C=O) groups excluding carboxylic acids is 1. The molecule has 3 atom stereocenters. The van der Waals surface area contributed by atoms with E-state index in [2.05, 4.69) is 37.1 Å². The maximum absolute atomic E-state index is 13.3. The minimum absolute atomic E-state index is 0.0408. The number of aliphatic imine (C=N–C) groups is 1. The van der Waals surface area contributed by atoms with Gasteiger partial charge in [0.1, 0.15) is 11.6 Å². The Bertz CT molecular complexity index is 1130. The van der Waals surface area contributed by atoms with Crippen molar-refractivity contribution in [3.8, 4) is 0 Å². The molecule has 10 heteroatoms. The molecule has 0 radical (unpaired) electrons. The summed E-state index contributed by atoms with van der Waals surface area (Å²) in [5.41, 5.74) is 1.63. The lowest BCUT2D eigenvalue weighted by molar-refractivity contribution is -0.141. The van der Waals surface area contributed by atoms with Crippen LogP contribution in [0.25, 0.3) is 6.08 Å². The first-order chi connectivity index (χ1) is 18.1. The standard InChI is InChI=1S/C27H37N7O2S/c1-3-7-22-23(28-2)14-24(32-27-29-15-21(17-35)37-27)31-26(22)30-18-12-19-8-6-9-20(13-18)34(19)25(36)16-33-10-4-5-11-33/h3,7,14-15,18-20,35H,2,4-6,8-13,16-17H2,1H3,(H2,29,30,31,32)/b7-3-/t18?,19-,20+. The molecule has 3 saturated heterocycles. The number of nitrogens with zero attached hydrogens (tertiary/aromatic N) is 5. The van der Waals surface area contributed by atoms with Gasteiger partial charge >= 0.3 is 0 Å². The molecule has 0 saturated carbocycles. The molecule has 198 valence electrons. The predicted octanol–water partition coefficient (Wildman–Crippen LogP) is 4.56. The highest BCUT2D eigenvalue weighted by atomic mass is 32.1. The summed E-state index contributed by atoms with van der Waals surface area (Å²) in [6.07, 6.45) is 13.2. The third kappa shape index (κ3) is 5.86. The molecule has 2 aromatic rings. The van der Waals surface area contributed by atoms with E-state index in [9.17, 15) is 9.90 Å². The second kappa shape index (κ2) is 11.7. The van der Waals surface area contributed by atoms with Gasteiger partial charge in [-0.25, -0.2) is 9.97 Å². The molecule has 3 fully saturated rings. The van der Waals surface area contributed by atoms with E-state index < -0.39 is 0 Å². The van der Waals surface area contributed by atoms with Gasteiger partial charge in [0.2, 0.25) is 5.91 Å². The number of thiazole rings is 1. The van der Waals surface area contributed by atoms with Crippen LogP contribution in [0.3, 0.4) is 0 Å². The molecule has 3 aliphatic rings. The van der Waals surface area contributed by atoms with E-state index in [4.69, 9.17) is 4.98 Å². The highest BCUT2D eigenvalue weighted by Crippen LogP contribution is 2.38. The zero-order chi connectivity index (χ0) is 25.8. The highest BCUT2D eigenvalue weighted by Gasteiger charge is 2.41. The zero-order valence-electron chi connectivity index (χ0n) is 21.5. The van der Waals surface area contributed by atoms with Crippen molar-refractivity contribution < 1.29 is 9.90 Å². The summed E-state index contributed by atoms with van der Waals surface area (Å²) < 4.78 is 0. The van der Waals surface area contributed by atoms with Crippen LogP contribution < -0.4 is 10.6 Å². The average molecular weight is 524 g/mol. The quantitative estimate of drug-likeness (QED) is 0.414. The van der Waals surface area contributed by atoms with Crippen LogP contribution in [0, 0.1) is 0 Å². The number of likely N-dealkylation sites (tertiary alicyclic amines) is 1. The first kappa shape index (κ1) is 25.8. The van der Waals surface area contributed by atoms with Crippen molar-refractivity contribution in [1.29, 1.82) is 0 Å². The van der Waals surface area contributed by atoms with Crippen LogP contribution in [0.1, 0.15) is 62.3 Å². The summed E-state index contributed by atoms with van der Waals surface area (Å²) in [7, 11) is 0. The Balaban J connectivity index is 1.34. The average Bonchev–Trinajstić information content (AvgIpc) is 3.57. The Morgan fingerprint density at radius 2 is 2.03 bits per heavy atom. The van der Waals surface area contributed by atoms with Crippen molar-refractivity contribution in [2.24, 2.45) is 4.99 Å². The fraction of sp³-hybridized carbons (Fsp3) is 0.556. The first-order valence-electron chi connectivity index (χ1n) is 13.3. The van der Waals surface area contributed by atoms with Crippen LogP contribution in [0.15, 0.2) is 23.3 Å². The van der Waals surface area contributed by atoms with Gasteiger partial charge in [-0.15, -0.1) is 0 Å². The van der Waals surface area contributed by atoms with E-state index in [1.807, 2.05) is 25.1 Å². The van der Waals surface area contributed by atoms with E-state index in [1.54, 1.807) is 6.20 Å². The predicted molar refractivity (Wildman–Crippen MR) is 150 cm³/mol. The highest BCUT2D eigenvalue weighted by molar-refractivity contribution is 7.15. The number of pyridine rings is 1. The van der Waals surface area contributed by atoms with Gasteiger partial charge in [-0.3, -0.25) is 14.7 Å². The Kier molecular flexibility index (Phi) is 8.17. The number of aliphatic hydroxyl groups excluding tert-OH is 1. The molecule has 0 spiro atoms. The molecule has 0 aliphatic carbocycles. The lowest BCUT2D eigenvalue weighted by Gasteiger charge is -2.49. The van der Waals surface area contributed by atoms with E-state index in [0.29, 0.717) is 23.4 Å². The van der Waals surface area contributed by atoms with Crippen LogP contribution in [0.5, 0.6) is 0 Å². The van der Waals surface area contributed by atoms with Gasteiger partial charge in [0.15, 0.2) is 5.13 Å². The summed E-state index contributed by atoms with van der Waals surface area (Å²) in [6, 6.07) is 2.63. The fourth-order valence-corrected chi connectivity index (χ4v) is 6.72. The molecule has 5 rings (SSSR count). The third-order valence-electron chi connectivity index (χ3n) is 7.65. The lowest BCUT2D eigenvalue weighted by atomic mass is 9.81. The minimum Gasteiger partial charge on any atom is -0.391 e. The fourth-order valence-electron chi connectivity index (χ4n) is 6.04. The number of aliphatic hydroxyl groups is 1. The number of fused-ring (bicyclic) bond motifs is 2. The van der Waals surface area contributed by atoms with E-state index >= 15 is 0 Å². The summed E-state index contributed by atoms with van der Waals surface area (Å²) >= 11 is 1.39. The van der Waals surface area contributed by atoms with Crippen molar-refractivity contribution in [3.63, 3.8) is 0 Å². The van der Waals surface area contributed by atoms with Gasteiger partial charge < -0.3 is 20.6 Å². The van der Waals surface area contributed by atoms with Gasteiger partial charge in [0.25, 0.3) is 0 Å². The lowest BCUT2D eigenvalue weighted by Crippen LogP contribution is -2.58. The van der Waals surface area contributed by atoms with E-state index in [-0.39, 0.29) is 24.7 Å². The second-order valence-corrected chi connectivity index (χ2v) is 11.3. The van der Waals surface area contributed by atoms with Crippen molar-refractivity contribution in [2.75, 3.05) is 30.3 Å². The molecular formula is C27H37N7O2S. The van der Waals surface area contributed by atoms with Gasteiger partial charge in [0, 0.05) is 36.0 Å². The number of piperidine rings is 2. The van der Waals surface area contributed by atoms with Crippen LogP contribution in [0.2, 0.25) is 0 Å². The summed E-state index contributed by atoms with van der Waals surface area (Å²) in [4.78, 5) is 32.1. The number of nitrogens with one attached hydrogen (secondary N) is 2. The molecular weight excluding hydrogens is 486 g/mol. The van der Waals surface area contributed by atoms with Gasteiger partial charge in [-0.2, -0.15) is 0 Å².